The van der Waals surface area contributed by atoms with Gasteiger partial charge in [-0.15, -0.1) is 0 Å². The third kappa shape index (κ3) is 1.52. The molecule has 1 heterocycles. The summed E-state index contributed by atoms with van der Waals surface area (Å²) in [5, 5.41) is 3.25. The first-order valence-electron chi connectivity index (χ1n) is 5.00. The van der Waals surface area contributed by atoms with Crippen LogP contribution in [0.4, 0.5) is 4.39 Å². The lowest BCUT2D eigenvalue weighted by molar-refractivity contribution is 0.193. The number of pyridine rings is 1. The molecule has 0 bridgehead atoms. The van der Waals surface area contributed by atoms with Gasteiger partial charge in [0.1, 0.15) is 5.82 Å². The minimum Gasteiger partial charge on any atom is -0.317 e. The Hall–Kier alpha value is -0.960. The highest BCUT2D eigenvalue weighted by Gasteiger charge is 2.37. The molecule has 0 amide bonds. The zero-order chi connectivity index (χ0) is 10.1. The second kappa shape index (κ2) is 3.65. The lowest BCUT2D eigenvalue weighted by Gasteiger charge is -2.42. The lowest BCUT2D eigenvalue weighted by Crippen LogP contribution is -2.46. The minimum absolute atomic E-state index is 0.234. The molecule has 0 radical (unpaired) electrons. The minimum atomic E-state index is -0.234. The average Bonchev–Trinajstić information content (AvgIpc) is 2.16. The fourth-order valence-electron chi connectivity index (χ4n) is 2.24. The van der Waals surface area contributed by atoms with Crippen LogP contribution < -0.4 is 5.32 Å². The average molecular weight is 194 g/mol. The van der Waals surface area contributed by atoms with Gasteiger partial charge in [-0.1, -0.05) is 6.92 Å². The predicted molar refractivity (Wildman–Crippen MR) is 53.6 cm³/mol. The first-order chi connectivity index (χ1) is 6.72. The van der Waals surface area contributed by atoms with Gasteiger partial charge in [0.05, 0.1) is 6.20 Å². The maximum atomic E-state index is 12.9. The van der Waals surface area contributed by atoms with Gasteiger partial charge in [-0.25, -0.2) is 4.39 Å². The molecule has 3 heteroatoms. The zero-order valence-corrected chi connectivity index (χ0v) is 8.50. The standard InChI is InChI=1S/C11H15FN2/c1-7-10(4-11(7)13-2)8-3-9(12)6-14-5-8/h3,5-7,10-11,13H,4H2,1-2H3. The van der Waals surface area contributed by atoms with E-state index in [-0.39, 0.29) is 5.82 Å². The molecule has 1 aliphatic carbocycles. The summed E-state index contributed by atoms with van der Waals surface area (Å²) in [6, 6.07) is 2.17. The molecule has 2 nitrogen and oxygen atoms in total. The van der Waals surface area contributed by atoms with Crippen molar-refractivity contribution in [3.63, 3.8) is 0 Å². The number of nitrogens with zero attached hydrogens (tertiary/aromatic N) is 1. The van der Waals surface area contributed by atoms with Gasteiger partial charge >= 0.3 is 0 Å². The van der Waals surface area contributed by atoms with E-state index in [0.717, 1.165) is 12.0 Å². The van der Waals surface area contributed by atoms with Gasteiger partial charge < -0.3 is 5.32 Å². The van der Waals surface area contributed by atoms with E-state index >= 15 is 0 Å². The second-order valence-corrected chi connectivity index (χ2v) is 4.03. The molecule has 1 aromatic heterocycles. The summed E-state index contributed by atoms with van der Waals surface area (Å²) >= 11 is 0. The van der Waals surface area contributed by atoms with E-state index in [4.69, 9.17) is 0 Å². The summed E-state index contributed by atoms with van der Waals surface area (Å²) in [5.41, 5.74) is 1.03. The van der Waals surface area contributed by atoms with Crippen molar-refractivity contribution in [1.29, 1.82) is 0 Å². The second-order valence-electron chi connectivity index (χ2n) is 4.03. The molecule has 0 aliphatic heterocycles. The molecule has 1 fully saturated rings. The van der Waals surface area contributed by atoms with Crippen molar-refractivity contribution in [2.24, 2.45) is 5.92 Å². The fourth-order valence-corrected chi connectivity index (χ4v) is 2.24. The fraction of sp³-hybridized carbons (Fsp3) is 0.545. The smallest absolute Gasteiger partial charge is 0.141 e. The van der Waals surface area contributed by atoms with Crippen LogP contribution in [0, 0.1) is 11.7 Å². The molecule has 1 aliphatic rings. The molecule has 0 aromatic carbocycles. The van der Waals surface area contributed by atoms with Crippen LogP contribution in [-0.4, -0.2) is 18.1 Å². The maximum Gasteiger partial charge on any atom is 0.141 e. The highest BCUT2D eigenvalue weighted by atomic mass is 19.1. The summed E-state index contributed by atoms with van der Waals surface area (Å²) in [5.74, 6) is 0.807. The molecule has 3 atom stereocenters. The van der Waals surface area contributed by atoms with Crippen molar-refractivity contribution in [3.8, 4) is 0 Å². The van der Waals surface area contributed by atoms with Crippen LogP contribution in [0.5, 0.6) is 0 Å². The van der Waals surface area contributed by atoms with Crippen LogP contribution in [0.25, 0.3) is 0 Å². The Morgan fingerprint density at radius 1 is 1.50 bits per heavy atom. The number of aromatic nitrogens is 1. The number of rotatable bonds is 2. The summed E-state index contributed by atoms with van der Waals surface area (Å²) in [6.45, 7) is 2.19. The van der Waals surface area contributed by atoms with Crippen LogP contribution in [-0.2, 0) is 0 Å². The van der Waals surface area contributed by atoms with Crippen molar-refractivity contribution in [2.45, 2.75) is 25.3 Å². The van der Waals surface area contributed by atoms with E-state index in [9.17, 15) is 4.39 Å². The monoisotopic (exact) mass is 194 g/mol. The first-order valence-corrected chi connectivity index (χ1v) is 5.00. The lowest BCUT2D eigenvalue weighted by atomic mass is 9.67. The molecule has 76 valence electrons. The number of hydrogen-bond acceptors (Lipinski definition) is 2. The number of nitrogens with one attached hydrogen (secondary N) is 1. The van der Waals surface area contributed by atoms with Gasteiger partial charge in [-0.3, -0.25) is 4.98 Å². The maximum absolute atomic E-state index is 12.9. The molecule has 2 rings (SSSR count). The molecular weight excluding hydrogens is 179 g/mol. The number of halogens is 1. The Balaban J connectivity index is 2.11. The van der Waals surface area contributed by atoms with Gasteiger partial charge in [-0.05, 0) is 36.9 Å². The van der Waals surface area contributed by atoms with Crippen molar-refractivity contribution < 1.29 is 4.39 Å². The normalized spacial score (nSPS) is 31.2. The van der Waals surface area contributed by atoms with Crippen molar-refractivity contribution in [1.82, 2.24) is 10.3 Å². The summed E-state index contributed by atoms with van der Waals surface area (Å²) in [6.07, 6.45) is 4.11. The Morgan fingerprint density at radius 3 is 2.86 bits per heavy atom. The third-order valence-electron chi connectivity index (χ3n) is 3.30. The topological polar surface area (TPSA) is 24.9 Å². The number of hydrogen-bond donors (Lipinski definition) is 1. The van der Waals surface area contributed by atoms with E-state index in [1.165, 1.54) is 6.20 Å². The van der Waals surface area contributed by atoms with Crippen LogP contribution in [0.15, 0.2) is 18.5 Å². The van der Waals surface area contributed by atoms with Crippen LogP contribution in [0.1, 0.15) is 24.8 Å². The highest BCUT2D eigenvalue weighted by molar-refractivity contribution is 5.21. The van der Waals surface area contributed by atoms with E-state index < -0.39 is 0 Å². The van der Waals surface area contributed by atoms with Crippen LogP contribution in [0.3, 0.4) is 0 Å². The van der Waals surface area contributed by atoms with Gasteiger partial charge in [0.2, 0.25) is 0 Å². The summed E-state index contributed by atoms with van der Waals surface area (Å²) in [7, 11) is 1.97. The Bertz CT molecular complexity index is 327. The van der Waals surface area contributed by atoms with Crippen molar-refractivity contribution in [2.75, 3.05) is 7.05 Å². The quantitative estimate of drug-likeness (QED) is 0.778. The highest BCUT2D eigenvalue weighted by Crippen LogP contribution is 2.41. The molecule has 0 saturated heterocycles. The molecule has 1 saturated carbocycles. The van der Waals surface area contributed by atoms with E-state index in [2.05, 4.69) is 17.2 Å². The van der Waals surface area contributed by atoms with Crippen LogP contribution >= 0.6 is 0 Å². The Labute approximate surface area is 83.6 Å². The SMILES string of the molecule is CNC1CC(c2cncc(F)c2)C1C. The molecule has 1 aromatic rings. The van der Waals surface area contributed by atoms with E-state index in [1.807, 2.05) is 7.05 Å². The summed E-state index contributed by atoms with van der Waals surface area (Å²) < 4.78 is 12.9. The van der Waals surface area contributed by atoms with E-state index in [1.54, 1.807) is 12.3 Å². The van der Waals surface area contributed by atoms with Gasteiger partial charge in [0.15, 0.2) is 0 Å². The van der Waals surface area contributed by atoms with Crippen molar-refractivity contribution in [3.05, 3.63) is 29.8 Å². The Morgan fingerprint density at radius 2 is 2.29 bits per heavy atom. The molecule has 1 N–H and O–H groups in total. The van der Waals surface area contributed by atoms with Gasteiger partial charge in [-0.2, -0.15) is 0 Å². The van der Waals surface area contributed by atoms with Crippen LogP contribution in [0.2, 0.25) is 0 Å². The predicted octanol–water partition coefficient (Wildman–Crippen LogP) is 1.93. The summed E-state index contributed by atoms with van der Waals surface area (Å²) in [4.78, 5) is 3.88. The zero-order valence-electron chi connectivity index (χ0n) is 8.50. The first kappa shape index (κ1) is 9.59. The van der Waals surface area contributed by atoms with Gasteiger partial charge in [0.25, 0.3) is 0 Å². The molecular formula is C11H15FN2. The van der Waals surface area contributed by atoms with Gasteiger partial charge in [0, 0.05) is 12.2 Å². The molecule has 3 unspecified atom stereocenters. The van der Waals surface area contributed by atoms with E-state index in [0.29, 0.717) is 17.9 Å². The Kier molecular flexibility index (Phi) is 2.50. The molecule has 0 spiro atoms. The van der Waals surface area contributed by atoms with Crippen molar-refractivity contribution >= 4 is 0 Å². The molecule has 14 heavy (non-hydrogen) atoms. The largest absolute Gasteiger partial charge is 0.317 e. The third-order valence-corrected chi connectivity index (χ3v) is 3.30.